The van der Waals surface area contributed by atoms with Crippen LogP contribution in [0.1, 0.15) is 12.8 Å². The van der Waals surface area contributed by atoms with Gasteiger partial charge in [0.15, 0.2) is 0 Å². The van der Waals surface area contributed by atoms with Crippen LogP contribution < -0.4 is 10.1 Å². The Labute approximate surface area is 217 Å². The third kappa shape index (κ3) is 5.07. The summed E-state index contributed by atoms with van der Waals surface area (Å²) in [4.78, 5) is 21.6. The van der Waals surface area contributed by atoms with Gasteiger partial charge in [0.05, 0.1) is 17.8 Å². The lowest BCUT2D eigenvalue weighted by atomic mass is 10.1. The summed E-state index contributed by atoms with van der Waals surface area (Å²) < 4.78 is 37.4. The van der Waals surface area contributed by atoms with Crippen LogP contribution in [0.5, 0.6) is 5.75 Å². The number of hydrogen-bond donors (Lipinski definition) is 1. The summed E-state index contributed by atoms with van der Waals surface area (Å²) in [6, 6.07) is 13.9. The molecular weight excluding hydrogens is 518 g/mol. The quantitative estimate of drug-likeness (QED) is 0.260. The van der Waals surface area contributed by atoms with Crippen molar-refractivity contribution in [2.24, 2.45) is 0 Å². The first-order valence-corrected chi connectivity index (χ1v) is 14.4. The number of nitrogens with one attached hydrogen (secondary N) is 1. The Morgan fingerprint density at radius 1 is 1.08 bits per heavy atom. The maximum atomic E-state index is 12.7. The Morgan fingerprint density at radius 3 is 2.50 bits per heavy atom. The first-order valence-electron chi connectivity index (χ1n) is 11.2. The molecule has 5 rings (SSSR count). The smallest absolute Gasteiger partial charge is 0.243 e. The first kappa shape index (κ1) is 24.6. The molecule has 186 valence electrons. The van der Waals surface area contributed by atoms with Gasteiger partial charge in [0, 0.05) is 24.3 Å². The lowest BCUT2D eigenvalue weighted by Crippen LogP contribution is -2.27. The van der Waals surface area contributed by atoms with Crippen LogP contribution in [0.4, 0.5) is 5.69 Å². The summed E-state index contributed by atoms with van der Waals surface area (Å²) in [6.07, 6.45) is 3.24. The number of aromatic nitrogens is 3. The van der Waals surface area contributed by atoms with E-state index in [2.05, 4.69) is 19.7 Å². The fourth-order valence-electron chi connectivity index (χ4n) is 3.90. The molecule has 1 saturated heterocycles. The second kappa shape index (κ2) is 10.5. The molecule has 1 N–H and O–H groups in total. The summed E-state index contributed by atoms with van der Waals surface area (Å²) in [5.74, 6) is 0.676. The molecule has 0 atom stereocenters. The molecule has 36 heavy (non-hydrogen) atoms. The highest BCUT2D eigenvalue weighted by Gasteiger charge is 2.27. The summed E-state index contributed by atoms with van der Waals surface area (Å²) in [6.45, 7) is 1.10. The van der Waals surface area contributed by atoms with E-state index in [1.54, 1.807) is 19.2 Å². The highest BCUT2D eigenvalue weighted by molar-refractivity contribution is 8.00. The van der Waals surface area contributed by atoms with Crippen LogP contribution in [0.3, 0.4) is 0 Å². The normalized spacial score (nSPS) is 14.2. The van der Waals surface area contributed by atoms with Gasteiger partial charge in [0.1, 0.15) is 33.0 Å². The van der Waals surface area contributed by atoms with Gasteiger partial charge < -0.3 is 10.1 Å². The molecule has 0 unspecified atom stereocenters. The maximum absolute atomic E-state index is 12.7. The molecule has 0 aliphatic carbocycles. The zero-order valence-electron chi connectivity index (χ0n) is 19.4. The molecule has 2 aromatic carbocycles. The van der Waals surface area contributed by atoms with Crippen LogP contribution in [0.15, 0.2) is 64.8 Å². The average molecular weight is 542 g/mol. The van der Waals surface area contributed by atoms with E-state index in [4.69, 9.17) is 4.74 Å². The van der Waals surface area contributed by atoms with Gasteiger partial charge in [-0.1, -0.05) is 11.8 Å². The lowest BCUT2D eigenvalue weighted by molar-refractivity contribution is -0.113. The van der Waals surface area contributed by atoms with Crippen molar-refractivity contribution in [3.05, 3.63) is 54.9 Å². The number of fused-ring (bicyclic) bond motifs is 1. The molecule has 3 heterocycles. The van der Waals surface area contributed by atoms with Crippen LogP contribution in [0.2, 0.25) is 0 Å². The van der Waals surface area contributed by atoms with Crippen molar-refractivity contribution < 1.29 is 17.9 Å². The van der Waals surface area contributed by atoms with Crippen LogP contribution in [0.25, 0.3) is 21.5 Å². The Kier molecular flexibility index (Phi) is 7.19. The molecule has 2 aromatic heterocycles. The summed E-state index contributed by atoms with van der Waals surface area (Å²) in [7, 11) is -1.86. The van der Waals surface area contributed by atoms with Gasteiger partial charge in [-0.25, -0.2) is 18.4 Å². The molecule has 1 amide bonds. The third-order valence-electron chi connectivity index (χ3n) is 5.77. The fraction of sp³-hybridized carbons (Fsp3) is 0.250. The number of nitrogens with zero attached hydrogens (tertiary/aromatic N) is 4. The van der Waals surface area contributed by atoms with Crippen LogP contribution in [-0.4, -0.2) is 58.9 Å². The van der Waals surface area contributed by atoms with Crippen molar-refractivity contribution in [2.45, 2.75) is 22.8 Å². The predicted octanol–water partition coefficient (Wildman–Crippen LogP) is 4.28. The fourth-order valence-corrected chi connectivity index (χ4v) is 7.14. The van der Waals surface area contributed by atoms with Gasteiger partial charge in [-0.2, -0.15) is 8.68 Å². The lowest BCUT2D eigenvalue weighted by Gasteiger charge is -2.15. The molecule has 1 fully saturated rings. The van der Waals surface area contributed by atoms with E-state index in [-0.39, 0.29) is 16.6 Å². The number of anilines is 1. The van der Waals surface area contributed by atoms with E-state index < -0.39 is 10.0 Å². The number of carbonyl (C=O) groups is 1. The molecule has 4 aromatic rings. The van der Waals surface area contributed by atoms with Crippen molar-refractivity contribution >= 4 is 55.1 Å². The molecule has 12 heteroatoms. The van der Waals surface area contributed by atoms with Gasteiger partial charge >= 0.3 is 0 Å². The van der Waals surface area contributed by atoms with E-state index in [1.807, 2.05) is 24.3 Å². The zero-order valence-corrected chi connectivity index (χ0v) is 21.8. The van der Waals surface area contributed by atoms with Crippen LogP contribution in [0, 0.1) is 0 Å². The van der Waals surface area contributed by atoms with Gasteiger partial charge in [-0.15, -0.1) is 0 Å². The number of methoxy groups -OCH3 is 1. The van der Waals surface area contributed by atoms with E-state index in [1.165, 1.54) is 46.1 Å². The van der Waals surface area contributed by atoms with Crippen LogP contribution in [-0.2, 0) is 14.8 Å². The zero-order chi connectivity index (χ0) is 25.1. The Balaban J connectivity index is 1.24. The number of amides is 1. The van der Waals surface area contributed by atoms with Crippen molar-refractivity contribution in [1.29, 1.82) is 0 Å². The highest BCUT2D eigenvalue weighted by Crippen LogP contribution is 2.35. The van der Waals surface area contributed by atoms with E-state index in [0.29, 0.717) is 23.8 Å². The minimum Gasteiger partial charge on any atom is -0.497 e. The molecular formula is C24H23N5O4S3. The van der Waals surface area contributed by atoms with Gasteiger partial charge in [0.2, 0.25) is 15.9 Å². The largest absolute Gasteiger partial charge is 0.497 e. The van der Waals surface area contributed by atoms with E-state index in [0.717, 1.165) is 40.1 Å². The Hall–Kier alpha value is -3.06. The van der Waals surface area contributed by atoms with Crippen molar-refractivity contribution in [1.82, 2.24) is 18.6 Å². The molecule has 1 aliphatic heterocycles. The number of carbonyl (C=O) groups excluding carboxylic acids is 1. The van der Waals surface area contributed by atoms with Gasteiger partial charge in [0.25, 0.3) is 0 Å². The highest BCUT2D eigenvalue weighted by atomic mass is 32.2. The van der Waals surface area contributed by atoms with Crippen molar-refractivity contribution in [3.63, 3.8) is 0 Å². The topological polar surface area (TPSA) is 114 Å². The number of ether oxygens (including phenoxy) is 1. The van der Waals surface area contributed by atoms with Crippen LogP contribution >= 0.6 is 23.3 Å². The molecule has 0 bridgehead atoms. The molecule has 0 radical (unpaired) electrons. The second-order valence-corrected chi connectivity index (χ2v) is 11.8. The molecule has 0 saturated carbocycles. The van der Waals surface area contributed by atoms with Crippen molar-refractivity contribution in [3.8, 4) is 17.0 Å². The third-order valence-corrected chi connectivity index (χ3v) is 9.64. The Morgan fingerprint density at radius 2 is 1.81 bits per heavy atom. The average Bonchev–Trinajstić information content (AvgIpc) is 3.59. The predicted molar refractivity (Wildman–Crippen MR) is 141 cm³/mol. The Bertz CT molecular complexity index is 1480. The van der Waals surface area contributed by atoms with Gasteiger partial charge in [-0.3, -0.25) is 4.79 Å². The number of thioether (sulfide) groups is 1. The monoisotopic (exact) mass is 541 g/mol. The van der Waals surface area contributed by atoms with E-state index in [9.17, 15) is 13.2 Å². The number of sulfonamides is 1. The van der Waals surface area contributed by atoms with E-state index >= 15 is 0 Å². The summed E-state index contributed by atoms with van der Waals surface area (Å²) in [5.41, 5.74) is 2.95. The SMILES string of the molecule is COc1ccc(-c2nsc3c(SCC(=O)Nc4ccc(S(=O)(=O)N5CCCC5)cc4)ncnc23)cc1. The molecule has 1 aliphatic rings. The summed E-state index contributed by atoms with van der Waals surface area (Å²) in [5, 5.41) is 3.49. The molecule has 9 nitrogen and oxygen atoms in total. The minimum atomic E-state index is -3.48. The number of hydrogen-bond acceptors (Lipinski definition) is 9. The summed E-state index contributed by atoms with van der Waals surface area (Å²) >= 11 is 2.60. The number of benzene rings is 2. The standard InChI is InChI=1S/C24H23N5O4S3/c1-33-18-8-4-16(5-9-18)21-22-23(35-28-21)24(26-15-25-22)34-14-20(30)27-17-6-10-19(11-7-17)36(31,32)29-12-2-3-13-29/h4-11,15H,2-3,12-14H2,1H3,(H,27,30). The maximum Gasteiger partial charge on any atom is 0.243 e. The van der Waals surface area contributed by atoms with Gasteiger partial charge in [-0.05, 0) is 72.9 Å². The molecule has 0 spiro atoms. The van der Waals surface area contributed by atoms with Crippen molar-refractivity contribution in [2.75, 3.05) is 31.3 Å². The first-order chi connectivity index (χ1) is 17.5. The second-order valence-electron chi connectivity index (χ2n) is 8.09. The number of rotatable bonds is 8. The minimum absolute atomic E-state index is 0.135.